The molecule has 0 bridgehead atoms. The van der Waals surface area contributed by atoms with Crippen molar-refractivity contribution in [3.05, 3.63) is 24.0 Å². The molecular formula is C14H20N2O. The van der Waals surface area contributed by atoms with Gasteiger partial charge in [-0.3, -0.25) is 9.48 Å². The molecule has 1 aliphatic rings. The topological polar surface area (TPSA) is 34.9 Å². The molecule has 1 aliphatic carbocycles. The number of rotatable bonds is 3. The number of aryl methyl sites for hydroxylation is 1. The third-order valence-electron chi connectivity index (χ3n) is 3.11. The summed E-state index contributed by atoms with van der Waals surface area (Å²) in [5.74, 6) is 0.236. The van der Waals surface area contributed by atoms with E-state index < -0.39 is 0 Å². The molecule has 0 saturated carbocycles. The van der Waals surface area contributed by atoms with Gasteiger partial charge in [-0.1, -0.05) is 20.8 Å². The van der Waals surface area contributed by atoms with E-state index in [0.717, 1.165) is 30.5 Å². The van der Waals surface area contributed by atoms with Crippen LogP contribution in [0.3, 0.4) is 0 Å². The minimum Gasteiger partial charge on any atom is -0.295 e. The summed E-state index contributed by atoms with van der Waals surface area (Å²) < 4.78 is 1.95. The van der Waals surface area contributed by atoms with Gasteiger partial charge in [0.25, 0.3) is 0 Å². The van der Waals surface area contributed by atoms with E-state index in [2.05, 4.69) is 25.9 Å². The van der Waals surface area contributed by atoms with Crippen molar-refractivity contribution in [1.29, 1.82) is 0 Å². The van der Waals surface area contributed by atoms with Gasteiger partial charge in [0.2, 0.25) is 0 Å². The maximum Gasteiger partial charge on any atom is 0.156 e. The van der Waals surface area contributed by atoms with Gasteiger partial charge < -0.3 is 0 Å². The van der Waals surface area contributed by atoms with Crippen molar-refractivity contribution >= 4 is 11.4 Å². The van der Waals surface area contributed by atoms with Crippen molar-refractivity contribution in [1.82, 2.24) is 9.78 Å². The Hall–Kier alpha value is -1.38. The molecule has 1 aromatic heterocycles. The van der Waals surface area contributed by atoms with E-state index in [-0.39, 0.29) is 11.2 Å². The van der Waals surface area contributed by atoms with Gasteiger partial charge in [0, 0.05) is 24.7 Å². The first-order valence-electron chi connectivity index (χ1n) is 6.26. The highest BCUT2D eigenvalue weighted by atomic mass is 16.1. The van der Waals surface area contributed by atoms with Gasteiger partial charge >= 0.3 is 0 Å². The molecule has 0 spiro atoms. The molecule has 1 aromatic rings. The van der Waals surface area contributed by atoms with Crippen molar-refractivity contribution in [2.45, 2.75) is 46.6 Å². The average molecular weight is 232 g/mol. The zero-order valence-corrected chi connectivity index (χ0v) is 10.9. The van der Waals surface area contributed by atoms with E-state index in [1.807, 2.05) is 17.1 Å². The van der Waals surface area contributed by atoms with Gasteiger partial charge in [0.15, 0.2) is 5.78 Å². The lowest BCUT2D eigenvalue weighted by Gasteiger charge is -2.28. The lowest BCUT2D eigenvalue weighted by atomic mass is 9.75. The van der Waals surface area contributed by atoms with Crippen molar-refractivity contribution < 1.29 is 4.79 Å². The van der Waals surface area contributed by atoms with Crippen molar-refractivity contribution in [3.8, 4) is 0 Å². The number of carbonyl (C=O) groups is 1. The number of hydrogen-bond donors (Lipinski definition) is 0. The van der Waals surface area contributed by atoms with Crippen LogP contribution >= 0.6 is 0 Å². The first-order valence-corrected chi connectivity index (χ1v) is 6.26. The first kappa shape index (κ1) is 12.1. The monoisotopic (exact) mass is 232 g/mol. The fourth-order valence-electron chi connectivity index (χ4n) is 2.41. The van der Waals surface area contributed by atoms with Gasteiger partial charge in [-0.25, -0.2) is 0 Å². The second-order valence-corrected chi connectivity index (χ2v) is 5.65. The highest BCUT2D eigenvalue weighted by Crippen LogP contribution is 2.37. The smallest absolute Gasteiger partial charge is 0.156 e. The predicted octanol–water partition coefficient (Wildman–Crippen LogP) is 3.07. The Morgan fingerprint density at radius 3 is 2.82 bits per heavy atom. The average Bonchev–Trinajstić information content (AvgIpc) is 2.63. The van der Waals surface area contributed by atoms with E-state index in [1.54, 1.807) is 6.08 Å². The molecule has 1 heterocycles. The molecule has 0 N–H and O–H groups in total. The van der Waals surface area contributed by atoms with Gasteiger partial charge in [-0.05, 0) is 29.9 Å². The van der Waals surface area contributed by atoms with Crippen LogP contribution in [0.1, 0.15) is 45.6 Å². The molecule has 0 unspecified atom stereocenters. The van der Waals surface area contributed by atoms with E-state index in [1.165, 1.54) is 0 Å². The Labute approximate surface area is 103 Å². The van der Waals surface area contributed by atoms with Crippen LogP contribution < -0.4 is 0 Å². The Kier molecular flexibility index (Phi) is 3.18. The minimum atomic E-state index is 0.0774. The highest BCUT2D eigenvalue weighted by molar-refractivity contribution is 5.99. The maximum atomic E-state index is 11.7. The van der Waals surface area contributed by atoms with Crippen LogP contribution in [0.15, 0.2) is 18.5 Å². The summed E-state index contributed by atoms with van der Waals surface area (Å²) in [4.78, 5) is 11.7. The molecule has 0 amide bonds. The largest absolute Gasteiger partial charge is 0.295 e. The van der Waals surface area contributed by atoms with Gasteiger partial charge in [0.1, 0.15) is 0 Å². The molecule has 0 fully saturated rings. The SMILES string of the molecule is CCCn1cc(C2=CC(=O)CC(C)(C)C2)cn1. The third-order valence-corrected chi connectivity index (χ3v) is 3.11. The summed E-state index contributed by atoms with van der Waals surface area (Å²) in [6, 6.07) is 0. The third kappa shape index (κ3) is 2.84. The van der Waals surface area contributed by atoms with Crippen LogP contribution in [0.2, 0.25) is 0 Å². The number of allylic oxidation sites excluding steroid dienone is 2. The van der Waals surface area contributed by atoms with E-state index in [0.29, 0.717) is 6.42 Å². The number of ketones is 1. The van der Waals surface area contributed by atoms with Crippen molar-refractivity contribution in [2.24, 2.45) is 5.41 Å². The van der Waals surface area contributed by atoms with Crippen LogP contribution in [-0.2, 0) is 11.3 Å². The van der Waals surface area contributed by atoms with Crippen LogP contribution in [-0.4, -0.2) is 15.6 Å². The molecule has 0 atom stereocenters. The standard InChI is InChI=1S/C14H20N2O/c1-4-5-16-10-12(9-15-16)11-6-13(17)8-14(2,3)7-11/h6,9-10H,4-5,7-8H2,1-3H3. The predicted molar refractivity (Wildman–Crippen MR) is 68.5 cm³/mol. The van der Waals surface area contributed by atoms with E-state index >= 15 is 0 Å². The highest BCUT2D eigenvalue weighted by Gasteiger charge is 2.28. The lowest BCUT2D eigenvalue weighted by molar-refractivity contribution is -0.116. The van der Waals surface area contributed by atoms with Crippen LogP contribution in [0.4, 0.5) is 0 Å². The minimum absolute atomic E-state index is 0.0774. The molecule has 0 aromatic carbocycles. The summed E-state index contributed by atoms with van der Waals surface area (Å²) in [6.07, 6.45) is 8.39. The quantitative estimate of drug-likeness (QED) is 0.802. The number of nitrogens with zero attached hydrogens (tertiary/aromatic N) is 2. The second-order valence-electron chi connectivity index (χ2n) is 5.65. The Morgan fingerprint density at radius 1 is 1.41 bits per heavy atom. The fraction of sp³-hybridized carbons (Fsp3) is 0.571. The van der Waals surface area contributed by atoms with Gasteiger partial charge in [-0.15, -0.1) is 0 Å². The van der Waals surface area contributed by atoms with Crippen molar-refractivity contribution in [2.75, 3.05) is 0 Å². The molecule has 2 rings (SSSR count). The summed E-state index contributed by atoms with van der Waals surface area (Å²) >= 11 is 0. The Bertz CT molecular complexity index is 455. The summed E-state index contributed by atoms with van der Waals surface area (Å²) in [5.41, 5.74) is 2.31. The molecule has 17 heavy (non-hydrogen) atoms. The van der Waals surface area contributed by atoms with Crippen molar-refractivity contribution in [3.63, 3.8) is 0 Å². The summed E-state index contributed by atoms with van der Waals surface area (Å²) in [5, 5.41) is 4.32. The van der Waals surface area contributed by atoms with Crippen LogP contribution in [0, 0.1) is 5.41 Å². The van der Waals surface area contributed by atoms with Crippen LogP contribution in [0.5, 0.6) is 0 Å². The normalized spacial score (nSPS) is 19.2. The molecule has 92 valence electrons. The maximum absolute atomic E-state index is 11.7. The molecule has 0 saturated heterocycles. The number of carbonyl (C=O) groups excluding carboxylic acids is 1. The number of aromatic nitrogens is 2. The fourth-order valence-corrected chi connectivity index (χ4v) is 2.41. The first-order chi connectivity index (χ1) is 8.00. The van der Waals surface area contributed by atoms with Crippen LogP contribution in [0.25, 0.3) is 5.57 Å². The van der Waals surface area contributed by atoms with Gasteiger partial charge in [0.05, 0.1) is 6.20 Å². The molecule has 3 nitrogen and oxygen atoms in total. The molecule has 3 heteroatoms. The zero-order chi connectivity index (χ0) is 12.5. The van der Waals surface area contributed by atoms with E-state index in [4.69, 9.17) is 0 Å². The lowest BCUT2D eigenvalue weighted by Crippen LogP contribution is -2.21. The summed E-state index contributed by atoms with van der Waals surface area (Å²) in [7, 11) is 0. The number of hydrogen-bond acceptors (Lipinski definition) is 2. The second kappa shape index (κ2) is 4.47. The Balaban J connectivity index is 2.23. The van der Waals surface area contributed by atoms with E-state index in [9.17, 15) is 4.79 Å². The summed E-state index contributed by atoms with van der Waals surface area (Å²) in [6.45, 7) is 7.36. The Morgan fingerprint density at radius 2 is 2.18 bits per heavy atom. The zero-order valence-electron chi connectivity index (χ0n) is 10.9. The van der Waals surface area contributed by atoms with Gasteiger partial charge in [-0.2, -0.15) is 5.10 Å². The molecular weight excluding hydrogens is 212 g/mol. The molecule has 0 radical (unpaired) electrons. The molecule has 0 aliphatic heterocycles.